The Hall–Kier alpha value is -2.14. The lowest BCUT2D eigenvalue weighted by Gasteiger charge is -2.03. The van der Waals surface area contributed by atoms with Gasteiger partial charge in [0.2, 0.25) is 0 Å². The summed E-state index contributed by atoms with van der Waals surface area (Å²) < 4.78 is 20.4. The van der Waals surface area contributed by atoms with Crippen molar-refractivity contribution in [2.45, 2.75) is 13.5 Å². The molecule has 0 aliphatic heterocycles. The van der Waals surface area contributed by atoms with Crippen molar-refractivity contribution in [3.8, 4) is 0 Å². The minimum absolute atomic E-state index is 0.255. The van der Waals surface area contributed by atoms with E-state index in [1.807, 2.05) is 24.4 Å². The van der Waals surface area contributed by atoms with E-state index in [1.165, 1.54) is 12.1 Å². The van der Waals surface area contributed by atoms with Gasteiger partial charge in [0.05, 0.1) is 18.5 Å². The number of hydrogen-bond donors (Lipinski definition) is 0. The molecule has 0 radical (unpaired) electrons. The molecule has 2 aromatic heterocycles. The minimum atomic E-state index is -0.255. The van der Waals surface area contributed by atoms with Gasteiger partial charge in [-0.3, -0.25) is 0 Å². The monoisotopic (exact) mass is 288 g/mol. The van der Waals surface area contributed by atoms with Crippen molar-refractivity contribution in [1.29, 1.82) is 0 Å². The second kappa shape index (κ2) is 5.46. The molecule has 3 rings (SSSR count). The standard InChI is InChI=1S/C15H13FN2OS/c1-11-10-20-15(17-13-6-4-12(16)5-7-13)18(11)9-14-3-2-8-19-14/h2-8,10H,9H2,1H3. The minimum Gasteiger partial charge on any atom is -0.467 e. The van der Waals surface area contributed by atoms with Gasteiger partial charge in [0.15, 0.2) is 4.80 Å². The molecule has 0 aliphatic rings. The lowest BCUT2D eigenvalue weighted by atomic mass is 10.3. The molecule has 3 nitrogen and oxygen atoms in total. The zero-order chi connectivity index (χ0) is 13.9. The van der Waals surface area contributed by atoms with Crippen LogP contribution in [0.2, 0.25) is 0 Å². The number of nitrogens with zero attached hydrogens (tertiary/aromatic N) is 2. The number of thiazole rings is 1. The summed E-state index contributed by atoms with van der Waals surface area (Å²) in [6.07, 6.45) is 1.66. The zero-order valence-corrected chi connectivity index (χ0v) is 11.7. The molecule has 0 bridgehead atoms. The molecule has 102 valence electrons. The van der Waals surface area contributed by atoms with Gasteiger partial charge in [0.25, 0.3) is 0 Å². The Morgan fingerprint density at radius 2 is 2.05 bits per heavy atom. The Bertz CT molecular complexity index is 754. The maximum atomic E-state index is 12.9. The van der Waals surface area contributed by atoms with Crippen molar-refractivity contribution in [2.75, 3.05) is 0 Å². The summed E-state index contributed by atoms with van der Waals surface area (Å²) >= 11 is 1.56. The van der Waals surface area contributed by atoms with Crippen LogP contribution in [-0.2, 0) is 6.54 Å². The highest BCUT2D eigenvalue weighted by Crippen LogP contribution is 2.13. The van der Waals surface area contributed by atoms with E-state index in [2.05, 4.69) is 9.56 Å². The predicted octanol–water partition coefficient (Wildman–Crippen LogP) is 3.87. The normalized spacial score (nSPS) is 12.0. The van der Waals surface area contributed by atoms with E-state index in [-0.39, 0.29) is 5.82 Å². The molecule has 5 heteroatoms. The van der Waals surface area contributed by atoms with Crippen LogP contribution in [0.25, 0.3) is 0 Å². The van der Waals surface area contributed by atoms with Crippen molar-refractivity contribution in [1.82, 2.24) is 4.57 Å². The van der Waals surface area contributed by atoms with E-state index >= 15 is 0 Å². The molecule has 0 amide bonds. The largest absolute Gasteiger partial charge is 0.467 e. The molecule has 0 spiro atoms. The highest BCUT2D eigenvalue weighted by molar-refractivity contribution is 7.07. The SMILES string of the molecule is Cc1csc(=Nc2ccc(F)cc2)n1Cc1ccco1. The molecule has 20 heavy (non-hydrogen) atoms. The van der Waals surface area contributed by atoms with Crippen molar-refractivity contribution in [3.63, 3.8) is 0 Å². The van der Waals surface area contributed by atoms with E-state index in [9.17, 15) is 4.39 Å². The number of benzene rings is 1. The van der Waals surface area contributed by atoms with Gasteiger partial charge in [-0.05, 0) is 43.3 Å². The second-order valence-corrected chi connectivity index (χ2v) is 5.25. The van der Waals surface area contributed by atoms with E-state index < -0.39 is 0 Å². The molecule has 0 fully saturated rings. The first kappa shape index (κ1) is 12.9. The third-order valence-corrected chi connectivity index (χ3v) is 3.92. The number of aromatic nitrogens is 1. The van der Waals surface area contributed by atoms with Crippen molar-refractivity contribution >= 4 is 17.0 Å². The van der Waals surface area contributed by atoms with Crippen molar-refractivity contribution in [3.05, 3.63) is 70.1 Å². The van der Waals surface area contributed by atoms with E-state index in [4.69, 9.17) is 4.42 Å². The summed E-state index contributed by atoms with van der Waals surface area (Å²) in [7, 11) is 0. The summed E-state index contributed by atoms with van der Waals surface area (Å²) in [5, 5.41) is 2.05. The van der Waals surface area contributed by atoms with Crippen LogP contribution in [-0.4, -0.2) is 4.57 Å². The maximum absolute atomic E-state index is 12.9. The number of hydrogen-bond acceptors (Lipinski definition) is 3. The summed E-state index contributed by atoms with van der Waals surface area (Å²) in [5.41, 5.74) is 1.86. The van der Waals surface area contributed by atoms with Crippen LogP contribution >= 0.6 is 11.3 Å². The van der Waals surface area contributed by atoms with Gasteiger partial charge in [-0.15, -0.1) is 11.3 Å². The summed E-state index contributed by atoms with van der Waals surface area (Å²) in [6, 6.07) is 9.97. The van der Waals surface area contributed by atoms with Gasteiger partial charge in [-0.2, -0.15) is 0 Å². The predicted molar refractivity (Wildman–Crippen MR) is 76.5 cm³/mol. The molecule has 0 saturated heterocycles. The lowest BCUT2D eigenvalue weighted by Crippen LogP contribution is -2.16. The Balaban J connectivity index is 1.99. The first-order chi connectivity index (χ1) is 9.72. The zero-order valence-electron chi connectivity index (χ0n) is 10.9. The average molecular weight is 288 g/mol. The fourth-order valence-corrected chi connectivity index (χ4v) is 2.78. The van der Waals surface area contributed by atoms with Crippen LogP contribution in [0.15, 0.2) is 57.5 Å². The first-order valence-corrected chi connectivity index (χ1v) is 7.08. The fourth-order valence-electron chi connectivity index (χ4n) is 1.88. The van der Waals surface area contributed by atoms with Crippen LogP contribution in [0.5, 0.6) is 0 Å². The first-order valence-electron chi connectivity index (χ1n) is 6.20. The van der Waals surface area contributed by atoms with E-state index in [0.29, 0.717) is 6.54 Å². The van der Waals surface area contributed by atoms with Crippen molar-refractivity contribution in [2.24, 2.45) is 4.99 Å². The van der Waals surface area contributed by atoms with Gasteiger partial charge in [0, 0.05) is 11.1 Å². The van der Waals surface area contributed by atoms with Gasteiger partial charge in [-0.1, -0.05) is 0 Å². The number of halogens is 1. The summed E-state index contributed by atoms with van der Waals surface area (Å²) in [6.45, 7) is 2.67. The van der Waals surface area contributed by atoms with Gasteiger partial charge < -0.3 is 8.98 Å². The lowest BCUT2D eigenvalue weighted by molar-refractivity contribution is 0.488. The molecule has 3 aromatic rings. The highest BCUT2D eigenvalue weighted by Gasteiger charge is 2.04. The van der Waals surface area contributed by atoms with E-state index in [1.54, 1.807) is 29.7 Å². The van der Waals surface area contributed by atoms with Crippen LogP contribution in [0.3, 0.4) is 0 Å². The Kier molecular flexibility index (Phi) is 3.52. The van der Waals surface area contributed by atoms with Crippen LogP contribution in [0.4, 0.5) is 10.1 Å². The second-order valence-electron chi connectivity index (χ2n) is 4.41. The smallest absolute Gasteiger partial charge is 0.190 e. The summed E-state index contributed by atoms with van der Waals surface area (Å²) in [4.78, 5) is 5.42. The van der Waals surface area contributed by atoms with Crippen LogP contribution < -0.4 is 4.80 Å². The molecule has 0 saturated carbocycles. The van der Waals surface area contributed by atoms with Crippen LogP contribution in [0.1, 0.15) is 11.5 Å². The highest BCUT2D eigenvalue weighted by atomic mass is 32.1. The Morgan fingerprint density at radius 3 is 2.75 bits per heavy atom. The molecule has 0 N–H and O–H groups in total. The van der Waals surface area contributed by atoms with Gasteiger partial charge in [-0.25, -0.2) is 9.38 Å². The molecular formula is C15H13FN2OS. The third kappa shape index (κ3) is 2.72. The quantitative estimate of drug-likeness (QED) is 0.719. The van der Waals surface area contributed by atoms with Crippen LogP contribution in [0, 0.1) is 12.7 Å². The maximum Gasteiger partial charge on any atom is 0.190 e. The fraction of sp³-hybridized carbons (Fsp3) is 0.133. The molecule has 2 heterocycles. The average Bonchev–Trinajstić information content (AvgIpc) is 3.06. The summed E-state index contributed by atoms with van der Waals surface area (Å²) in [5.74, 6) is 0.627. The molecule has 0 atom stereocenters. The number of furan rings is 1. The number of rotatable bonds is 3. The molecule has 0 aliphatic carbocycles. The molecule has 0 unspecified atom stereocenters. The molecule has 1 aromatic carbocycles. The van der Waals surface area contributed by atoms with Gasteiger partial charge in [0.1, 0.15) is 11.6 Å². The Labute approximate surface area is 119 Å². The van der Waals surface area contributed by atoms with Crippen molar-refractivity contribution < 1.29 is 8.81 Å². The van der Waals surface area contributed by atoms with E-state index in [0.717, 1.165) is 21.9 Å². The number of aryl methyl sites for hydroxylation is 1. The van der Waals surface area contributed by atoms with Gasteiger partial charge >= 0.3 is 0 Å². The topological polar surface area (TPSA) is 30.4 Å². The Morgan fingerprint density at radius 1 is 1.25 bits per heavy atom. The third-order valence-electron chi connectivity index (χ3n) is 2.94. The molecular weight excluding hydrogens is 275 g/mol.